The standard InChI is InChI=1S/C19H20N4O6S/c1-30(28,29)16-11-14(10-15(12-16)23(26)27)19(25)22-8-5-13(6-9-22)18(24)21-17-4-2-3-7-20-17/h2-4,7,10-13H,5-6,8-9H2,1H3,(H,20,21,24). The molecule has 0 spiro atoms. The molecule has 1 aromatic carbocycles. The number of nitro groups is 1. The Morgan fingerprint density at radius 3 is 2.47 bits per heavy atom. The molecule has 0 atom stereocenters. The summed E-state index contributed by atoms with van der Waals surface area (Å²) in [5.74, 6) is -0.540. The Morgan fingerprint density at radius 1 is 1.20 bits per heavy atom. The van der Waals surface area contributed by atoms with Crippen LogP contribution in [0.2, 0.25) is 0 Å². The van der Waals surface area contributed by atoms with Crippen molar-refractivity contribution in [1.29, 1.82) is 0 Å². The second-order valence-corrected chi connectivity index (χ2v) is 9.03. The number of benzene rings is 1. The summed E-state index contributed by atoms with van der Waals surface area (Å²) in [5, 5.41) is 13.9. The Hall–Kier alpha value is -3.34. The van der Waals surface area contributed by atoms with Crippen LogP contribution in [-0.2, 0) is 14.6 Å². The van der Waals surface area contributed by atoms with Gasteiger partial charge in [-0.15, -0.1) is 0 Å². The molecule has 1 aromatic heterocycles. The van der Waals surface area contributed by atoms with Crippen LogP contribution in [0.1, 0.15) is 23.2 Å². The van der Waals surface area contributed by atoms with Gasteiger partial charge in [-0.2, -0.15) is 0 Å². The molecule has 1 fully saturated rings. The van der Waals surface area contributed by atoms with E-state index in [0.717, 1.165) is 24.5 Å². The highest BCUT2D eigenvalue weighted by Crippen LogP contribution is 2.25. The second-order valence-electron chi connectivity index (χ2n) is 7.02. The molecule has 0 aliphatic carbocycles. The van der Waals surface area contributed by atoms with Crippen LogP contribution >= 0.6 is 0 Å². The van der Waals surface area contributed by atoms with Gasteiger partial charge in [-0.05, 0) is 31.0 Å². The summed E-state index contributed by atoms with van der Waals surface area (Å²) >= 11 is 0. The monoisotopic (exact) mass is 432 g/mol. The number of nitrogens with zero attached hydrogens (tertiary/aromatic N) is 3. The number of carbonyl (C=O) groups is 2. The first-order chi connectivity index (χ1) is 14.1. The Labute approximate surface area is 173 Å². The van der Waals surface area contributed by atoms with Crippen LogP contribution < -0.4 is 5.32 Å². The van der Waals surface area contributed by atoms with E-state index in [2.05, 4.69) is 10.3 Å². The summed E-state index contributed by atoms with van der Waals surface area (Å²) in [7, 11) is -3.73. The minimum Gasteiger partial charge on any atom is -0.339 e. The highest BCUT2D eigenvalue weighted by molar-refractivity contribution is 7.90. The number of carbonyl (C=O) groups excluding carboxylic acids is 2. The fourth-order valence-electron chi connectivity index (χ4n) is 3.22. The summed E-state index contributed by atoms with van der Waals surface area (Å²) in [5.41, 5.74) is -0.535. The van der Waals surface area contributed by atoms with Crippen LogP contribution in [0.5, 0.6) is 0 Å². The van der Waals surface area contributed by atoms with Gasteiger partial charge < -0.3 is 10.2 Å². The van der Waals surface area contributed by atoms with Crippen LogP contribution in [0.4, 0.5) is 11.5 Å². The minimum atomic E-state index is -3.73. The zero-order chi connectivity index (χ0) is 21.9. The number of rotatable bonds is 5. The van der Waals surface area contributed by atoms with Crippen LogP contribution in [0, 0.1) is 16.0 Å². The topological polar surface area (TPSA) is 140 Å². The molecule has 2 aromatic rings. The number of hydrogen-bond acceptors (Lipinski definition) is 7. The third-order valence-electron chi connectivity index (χ3n) is 4.85. The maximum Gasteiger partial charge on any atom is 0.271 e. The average molecular weight is 432 g/mol. The summed E-state index contributed by atoms with van der Waals surface area (Å²) in [6.45, 7) is 0.548. The molecule has 1 aliphatic rings. The van der Waals surface area contributed by atoms with E-state index in [1.807, 2.05) is 0 Å². The molecule has 1 N–H and O–H groups in total. The molecule has 2 heterocycles. The summed E-state index contributed by atoms with van der Waals surface area (Å²) in [4.78, 5) is 40.8. The normalized spacial score (nSPS) is 14.9. The Morgan fingerprint density at radius 2 is 1.90 bits per heavy atom. The first-order valence-electron chi connectivity index (χ1n) is 9.16. The molecule has 0 bridgehead atoms. The molecule has 1 aliphatic heterocycles. The highest BCUT2D eigenvalue weighted by Gasteiger charge is 2.29. The lowest BCUT2D eigenvalue weighted by Gasteiger charge is -2.31. The molecule has 30 heavy (non-hydrogen) atoms. The van der Waals surface area contributed by atoms with E-state index in [4.69, 9.17) is 0 Å². The zero-order valence-corrected chi connectivity index (χ0v) is 17.0. The van der Waals surface area contributed by atoms with Gasteiger partial charge in [0.2, 0.25) is 5.91 Å². The lowest BCUT2D eigenvalue weighted by atomic mass is 9.95. The maximum absolute atomic E-state index is 12.8. The van der Waals surface area contributed by atoms with Crippen molar-refractivity contribution < 1.29 is 22.9 Å². The lowest BCUT2D eigenvalue weighted by molar-refractivity contribution is -0.385. The minimum absolute atomic E-state index is 0.0685. The highest BCUT2D eigenvalue weighted by atomic mass is 32.2. The van der Waals surface area contributed by atoms with Crippen molar-refractivity contribution in [3.8, 4) is 0 Å². The van der Waals surface area contributed by atoms with Gasteiger partial charge in [-0.25, -0.2) is 13.4 Å². The number of likely N-dealkylation sites (tertiary alicyclic amines) is 1. The predicted molar refractivity (Wildman–Crippen MR) is 108 cm³/mol. The number of anilines is 1. The van der Waals surface area contributed by atoms with E-state index >= 15 is 0 Å². The molecular weight excluding hydrogens is 412 g/mol. The van der Waals surface area contributed by atoms with Crippen molar-refractivity contribution in [2.75, 3.05) is 24.7 Å². The molecule has 0 saturated carbocycles. The van der Waals surface area contributed by atoms with Gasteiger partial charge in [-0.3, -0.25) is 19.7 Å². The molecule has 158 valence electrons. The van der Waals surface area contributed by atoms with Crippen LogP contribution in [-0.4, -0.2) is 54.4 Å². The molecular formula is C19H20N4O6S. The summed E-state index contributed by atoms with van der Waals surface area (Å²) < 4.78 is 23.7. The Balaban J connectivity index is 1.70. The summed E-state index contributed by atoms with van der Waals surface area (Å²) in [6, 6.07) is 8.32. The van der Waals surface area contributed by atoms with Crippen molar-refractivity contribution in [3.63, 3.8) is 0 Å². The fourth-order valence-corrected chi connectivity index (χ4v) is 3.89. The molecule has 11 heteroatoms. The predicted octanol–water partition coefficient (Wildman–Crippen LogP) is 1.88. The van der Waals surface area contributed by atoms with Gasteiger partial charge in [-0.1, -0.05) is 6.07 Å². The van der Waals surface area contributed by atoms with Crippen molar-refractivity contribution in [3.05, 3.63) is 58.3 Å². The van der Waals surface area contributed by atoms with Gasteiger partial charge in [0.25, 0.3) is 11.6 Å². The van der Waals surface area contributed by atoms with E-state index in [-0.39, 0.29) is 35.4 Å². The van der Waals surface area contributed by atoms with Crippen molar-refractivity contribution >= 4 is 33.2 Å². The largest absolute Gasteiger partial charge is 0.339 e. The van der Waals surface area contributed by atoms with E-state index < -0.39 is 26.4 Å². The fraction of sp³-hybridized carbons (Fsp3) is 0.316. The first kappa shape index (κ1) is 21.4. The van der Waals surface area contributed by atoms with Gasteiger partial charge in [0.15, 0.2) is 9.84 Å². The van der Waals surface area contributed by atoms with E-state index in [1.54, 1.807) is 24.4 Å². The zero-order valence-electron chi connectivity index (χ0n) is 16.1. The van der Waals surface area contributed by atoms with Crippen molar-refractivity contribution in [2.24, 2.45) is 5.92 Å². The van der Waals surface area contributed by atoms with Crippen LogP contribution in [0.3, 0.4) is 0 Å². The van der Waals surface area contributed by atoms with Crippen LogP contribution in [0.15, 0.2) is 47.5 Å². The van der Waals surface area contributed by atoms with E-state index in [9.17, 15) is 28.1 Å². The third-order valence-corrected chi connectivity index (χ3v) is 5.94. The maximum atomic E-state index is 12.8. The Kier molecular flexibility index (Phi) is 6.11. The number of piperidine rings is 1. The Bertz CT molecular complexity index is 1080. The van der Waals surface area contributed by atoms with E-state index in [1.165, 1.54) is 4.90 Å². The van der Waals surface area contributed by atoms with Gasteiger partial charge in [0.1, 0.15) is 5.82 Å². The molecule has 3 rings (SSSR count). The van der Waals surface area contributed by atoms with Crippen molar-refractivity contribution in [2.45, 2.75) is 17.7 Å². The third kappa shape index (κ3) is 4.98. The molecule has 2 amide bonds. The molecule has 10 nitrogen and oxygen atoms in total. The van der Waals surface area contributed by atoms with Crippen LogP contribution in [0.25, 0.3) is 0 Å². The number of pyridine rings is 1. The number of non-ortho nitro benzene ring substituents is 1. The second kappa shape index (κ2) is 8.57. The molecule has 0 radical (unpaired) electrons. The summed E-state index contributed by atoms with van der Waals surface area (Å²) in [6.07, 6.45) is 3.32. The number of nitrogens with one attached hydrogen (secondary N) is 1. The SMILES string of the molecule is CS(=O)(=O)c1cc(C(=O)N2CCC(C(=O)Nc3ccccn3)CC2)cc([N+](=O)[O-])c1. The number of sulfone groups is 1. The van der Waals surface area contributed by atoms with Gasteiger partial charge >= 0.3 is 0 Å². The number of hydrogen-bond donors (Lipinski definition) is 1. The number of nitro benzene ring substituents is 1. The quantitative estimate of drug-likeness (QED) is 0.562. The average Bonchev–Trinajstić information content (AvgIpc) is 2.73. The number of amides is 2. The van der Waals surface area contributed by atoms with Gasteiger partial charge in [0, 0.05) is 49.2 Å². The molecule has 1 saturated heterocycles. The van der Waals surface area contributed by atoms with Crippen molar-refractivity contribution in [1.82, 2.24) is 9.88 Å². The smallest absolute Gasteiger partial charge is 0.271 e. The first-order valence-corrected chi connectivity index (χ1v) is 11.0. The molecule has 0 unspecified atom stereocenters. The van der Waals surface area contributed by atoms with E-state index in [0.29, 0.717) is 18.7 Å². The number of aromatic nitrogens is 1. The van der Waals surface area contributed by atoms with Gasteiger partial charge in [0.05, 0.1) is 9.82 Å². The lowest BCUT2D eigenvalue weighted by Crippen LogP contribution is -2.41.